The summed E-state index contributed by atoms with van der Waals surface area (Å²) >= 11 is 1.87. The van der Waals surface area contributed by atoms with Crippen molar-refractivity contribution in [3.63, 3.8) is 0 Å². The lowest BCUT2D eigenvalue weighted by Gasteiger charge is -2.17. The second-order valence-corrected chi connectivity index (χ2v) is 4.95. The van der Waals surface area contributed by atoms with Crippen molar-refractivity contribution in [2.75, 3.05) is 38.5 Å². The molecule has 2 aliphatic rings. The molecule has 0 aliphatic carbocycles. The first-order valence-corrected chi connectivity index (χ1v) is 6.57. The Labute approximate surface area is 90.3 Å². The topological polar surface area (TPSA) is 27.6 Å². The molecule has 4 heteroatoms. The summed E-state index contributed by atoms with van der Waals surface area (Å²) in [5.41, 5.74) is 0. The third-order valence-corrected chi connectivity index (χ3v) is 3.74. The van der Waals surface area contributed by atoms with E-state index in [1.165, 1.54) is 44.6 Å². The fourth-order valence-corrected chi connectivity index (χ4v) is 2.75. The average molecular weight is 213 g/mol. The SMILES string of the molecule is C1CN=C(NCCN2CCCC2)SC1. The largest absolute Gasteiger partial charge is 0.364 e. The number of rotatable bonds is 3. The molecular weight excluding hydrogens is 194 g/mol. The maximum atomic E-state index is 4.44. The number of aliphatic imine (C=N–C) groups is 1. The van der Waals surface area contributed by atoms with Crippen LogP contribution in [0.1, 0.15) is 19.3 Å². The van der Waals surface area contributed by atoms with Gasteiger partial charge in [0.05, 0.1) is 0 Å². The molecule has 0 atom stereocenters. The first-order chi connectivity index (χ1) is 6.95. The van der Waals surface area contributed by atoms with Gasteiger partial charge in [0.2, 0.25) is 0 Å². The van der Waals surface area contributed by atoms with Gasteiger partial charge in [0, 0.05) is 25.4 Å². The van der Waals surface area contributed by atoms with Crippen LogP contribution in [0.15, 0.2) is 4.99 Å². The molecule has 0 bridgehead atoms. The van der Waals surface area contributed by atoms with Gasteiger partial charge < -0.3 is 10.2 Å². The van der Waals surface area contributed by atoms with E-state index >= 15 is 0 Å². The van der Waals surface area contributed by atoms with Gasteiger partial charge in [0.15, 0.2) is 5.17 Å². The molecule has 2 heterocycles. The standard InChI is InChI=1S/C10H19N3S/c1-2-7-13(6-1)8-5-12-10-11-4-3-9-14-10/h1-9H2,(H,11,12). The third-order valence-electron chi connectivity index (χ3n) is 2.70. The second-order valence-electron chi connectivity index (χ2n) is 3.86. The lowest BCUT2D eigenvalue weighted by Crippen LogP contribution is -2.33. The van der Waals surface area contributed by atoms with Crippen LogP contribution in [0.3, 0.4) is 0 Å². The van der Waals surface area contributed by atoms with Gasteiger partial charge in [-0.05, 0) is 32.4 Å². The fraction of sp³-hybridized carbons (Fsp3) is 0.900. The minimum Gasteiger partial charge on any atom is -0.364 e. The highest BCUT2D eigenvalue weighted by Gasteiger charge is 2.11. The summed E-state index contributed by atoms with van der Waals surface area (Å²) in [6, 6.07) is 0. The van der Waals surface area contributed by atoms with Crippen molar-refractivity contribution in [1.29, 1.82) is 0 Å². The van der Waals surface area contributed by atoms with E-state index in [1.54, 1.807) is 0 Å². The van der Waals surface area contributed by atoms with Crippen molar-refractivity contribution >= 4 is 16.9 Å². The van der Waals surface area contributed by atoms with Gasteiger partial charge in [-0.15, -0.1) is 0 Å². The monoisotopic (exact) mass is 213 g/mol. The van der Waals surface area contributed by atoms with Crippen LogP contribution in [-0.4, -0.2) is 48.5 Å². The first kappa shape index (κ1) is 10.3. The highest BCUT2D eigenvalue weighted by Crippen LogP contribution is 2.10. The van der Waals surface area contributed by atoms with Gasteiger partial charge in [-0.2, -0.15) is 0 Å². The summed E-state index contributed by atoms with van der Waals surface area (Å²) in [7, 11) is 0. The van der Waals surface area contributed by atoms with E-state index < -0.39 is 0 Å². The Kier molecular flexibility index (Phi) is 4.13. The number of hydrogen-bond donors (Lipinski definition) is 1. The van der Waals surface area contributed by atoms with Gasteiger partial charge in [-0.25, -0.2) is 0 Å². The maximum Gasteiger partial charge on any atom is 0.156 e. The van der Waals surface area contributed by atoms with Crippen LogP contribution in [0.2, 0.25) is 0 Å². The van der Waals surface area contributed by atoms with Crippen LogP contribution in [0.5, 0.6) is 0 Å². The Hall–Kier alpha value is -0.220. The minimum absolute atomic E-state index is 1.01. The first-order valence-electron chi connectivity index (χ1n) is 5.58. The van der Waals surface area contributed by atoms with E-state index in [9.17, 15) is 0 Å². The molecular formula is C10H19N3S. The Morgan fingerprint density at radius 2 is 2.14 bits per heavy atom. The number of likely N-dealkylation sites (tertiary alicyclic amines) is 1. The van der Waals surface area contributed by atoms with Crippen LogP contribution in [0, 0.1) is 0 Å². The highest BCUT2D eigenvalue weighted by atomic mass is 32.2. The number of hydrogen-bond acceptors (Lipinski definition) is 4. The smallest absolute Gasteiger partial charge is 0.156 e. The van der Waals surface area contributed by atoms with Crippen molar-refractivity contribution in [3.05, 3.63) is 0 Å². The molecule has 0 aromatic rings. The van der Waals surface area contributed by atoms with E-state index in [4.69, 9.17) is 0 Å². The van der Waals surface area contributed by atoms with E-state index in [-0.39, 0.29) is 0 Å². The number of amidine groups is 1. The summed E-state index contributed by atoms with van der Waals surface area (Å²) < 4.78 is 0. The molecule has 0 unspecified atom stereocenters. The predicted octanol–water partition coefficient (Wildman–Crippen LogP) is 1.16. The zero-order valence-corrected chi connectivity index (χ0v) is 9.48. The van der Waals surface area contributed by atoms with Gasteiger partial charge in [0.1, 0.15) is 0 Å². The Morgan fingerprint density at radius 3 is 2.86 bits per heavy atom. The molecule has 2 aliphatic heterocycles. The summed E-state index contributed by atoms with van der Waals surface area (Å²) in [5.74, 6) is 1.23. The van der Waals surface area contributed by atoms with Gasteiger partial charge in [-0.3, -0.25) is 4.99 Å². The van der Waals surface area contributed by atoms with E-state index in [2.05, 4.69) is 15.2 Å². The van der Waals surface area contributed by atoms with Crippen LogP contribution < -0.4 is 5.32 Å². The molecule has 0 aromatic heterocycles. The predicted molar refractivity (Wildman–Crippen MR) is 63.1 cm³/mol. The van der Waals surface area contributed by atoms with Crippen LogP contribution in [-0.2, 0) is 0 Å². The molecule has 0 saturated carbocycles. The van der Waals surface area contributed by atoms with Crippen molar-refractivity contribution in [3.8, 4) is 0 Å². The van der Waals surface area contributed by atoms with Crippen LogP contribution in [0.4, 0.5) is 0 Å². The van der Waals surface area contributed by atoms with E-state index in [0.717, 1.165) is 18.3 Å². The summed E-state index contributed by atoms with van der Waals surface area (Å²) in [4.78, 5) is 6.97. The van der Waals surface area contributed by atoms with Gasteiger partial charge >= 0.3 is 0 Å². The zero-order valence-electron chi connectivity index (χ0n) is 8.67. The summed E-state index contributed by atoms with van der Waals surface area (Å²) in [6.45, 7) is 5.84. The molecule has 1 saturated heterocycles. The maximum absolute atomic E-state index is 4.44. The average Bonchev–Trinajstić information content (AvgIpc) is 2.72. The molecule has 0 radical (unpaired) electrons. The van der Waals surface area contributed by atoms with E-state index in [1.807, 2.05) is 11.8 Å². The molecule has 3 nitrogen and oxygen atoms in total. The molecule has 1 N–H and O–H groups in total. The molecule has 0 spiro atoms. The molecule has 0 aromatic carbocycles. The van der Waals surface area contributed by atoms with Crippen molar-refractivity contribution in [2.24, 2.45) is 4.99 Å². The van der Waals surface area contributed by atoms with Crippen LogP contribution in [0.25, 0.3) is 0 Å². The molecule has 80 valence electrons. The lowest BCUT2D eigenvalue weighted by atomic mass is 10.4. The van der Waals surface area contributed by atoms with Crippen molar-refractivity contribution < 1.29 is 0 Å². The Morgan fingerprint density at radius 1 is 1.29 bits per heavy atom. The number of thioether (sulfide) groups is 1. The molecule has 0 amide bonds. The second kappa shape index (κ2) is 5.61. The normalized spacial score (nSPS) is 23.6. The third kappa shape index (κ3) is 3.17. The number of nitrogens with one attached hydrogen (secondary N) is 1. The molecule has 2 rings (SSSR count). The number of nitrogens with zero attached hydrogens (tertiary/aromatic N) is 2. The zero-order chi connectivity index (χ0) is 9.64. The minimum atomic E-state index is 1.01. The van der Waals surface area contributed by atoms with Gasteiger partial charge in [-0.1, -0.05) is 11.8 Å². The van der Waals surface area contributed by atoms with Crippen molar-refractivity contribution in [2.45, 2.75) is 19.3 Å². The summed E-state index contributed by atoms with van der Waals surface area (Å²) in [5, 5.41) is 4.58. The molecule has 14 heavy (non-hydrogen) atoms. The Balaban J connectivity index is 1.59. The Bertz CT molecular complexity index is 200. The quantitative estimate of drug-likeness (QED) is 0.762. The summed E-state index contributed by atoms with van der Waals surface area (Å²) in [6.07, 6.45) is 4.01. The lowest BCUT2D eigenvalue weighted by molar-refractivity contribution is 0.344. The van der Waals surface area contributed by atoms with Crippen molar-refractivity contribution in [1.82, 2.24) is 10.2 Å². The van der Waals surface area contributed by atoms with Gasteiger partial charge in [0.25, 0.3) is 0 Å². The molecule has 1 fully saturated rings. The fourth-order valence-electron chi connectivity index (χ4n) is 1.89. The van der Waals surface area contributed by atoms with Crippen LogP contribution >= 0.6 is 11.8 Å². The van der Waals surface area contributed by atoms with E-state index in [0.29, 0.717) is 0 Å². The highest BCUT2D eigenvalue weighted by molar-refractivity contribution is 8.13.